The summed E-state index contributed by atoms with van der Waals surface area (Å²) >= 11 is 1.74. The lowest BCUT2D eigenvalue weighted by Gasteiger charge is -2.55. The normalized spacial score (nSPS) is 28.5. The minimum absolute atomic E-state index is 0.0242. The van der Waals surface area contributed by atoms with Crippen molar-refractivity contribution in [1.82, 2.24) is 0 Å². The molecule has 5 rings (SSSR count). The Morgan fingerprint density at radius 2 is 2.03 bits per heavy atom. The number of aliphatic hydroxyl groups is 1. The van der Waals surface area contributed by atoms with Crippen LogP contribution in [0.5, 0.6) is 0 Å². The van der Waals surface area contributed by atoms with Crippen LogP contribution in [0.15, 0.2) is 42.5 Å². The van der Waals surface area contributed by atoms with Gasteiger partial charge in [0.1, 0.15) is 5.82 Å². The predicted octanol–water partition coefficient (Wildman–Crippen LogP) is 5.97. The summed E-state index contributed by atoms with van der Waals surface area (Å²) in [6.07, 6.45) is 4.28. The average molecular weight is 411 g/mol. The molecule has 0 saturated carbocycles. The number of hydrogen-bond donors (Lipinski definition) is 1. The van der Waals surface area contributed by atoms with E-state index in [0.717, 1.165) is 42.4 Å². The third-order valence-corrected chi connectivity index (χ3v) is 7.96. The molecule has 0 amide bonds. The topological polar surface area (TPSA) is 29.5 Å². The van der Waals surface area contributed by atoms with E-state index in [2.05, 4.69) is 25.1 Å². The van der Waals surface area contributed by atoms with E-state index in [0.29, 0.717) is 12.3 Å². The number of thiophene rings is 1. The van der Waals surface area contributed by atoms with E-state index in [1.807, 2.05) is 25.1 Å². The Hall–Kier alpha value is -1.75. The summed E-state index contributed by atoms with van der Waals surface area (Å²) in [4.78, 5) is 1.19. The Morgan fingerprint density at radius 1 is 1.21 bits per heavy atom. The highest BCUT2D eigenvalue weighted by Crippen LogP contribution is 2.55. The van der Waals surface area contributed by atoms with Crippen molar-refractivity contribution in [1.29, 1.82) is 0 Å². The van der Waals surface area contributed by atoms with Crippen molar-refractivity contribution in [2.45, 2.75) is 57.2 Å². The summed E-state index contributed by atoms with van der Waals surface area (Å²) in [5.41, 5.74) is 2.17. The number of ether oxygens (including phenoxy) is 1. The van der Waals surface area contributed by atoms with E-state index in [-0.39, 0.29) is 18.0 Å². The van der Waals surface area contributed by atoms with Gasteiger partial charge in [-0.1, -0.05) is 37.6 Å². The van der Waals surface area contributed by atoms with Crippen LogP contribution in [0.3, 0.4) is 0 Å². The van der Waals surface area contributed by atoms with Crippen LogP contribution >= 0.6 is 11.3 Å². The Labute approximate surface area is 175 Å². The van der Waals surface area contributed by atoms with Crippen LogP contribution in [0.25, 0.3) is 10.1 Å². The van der Waals surface area contributed by atoms with Gasteiger partial charge in [-0.25, -0.2) is 4.39 Å². The van der Waals surface area contributed by atoms with E-state index in [1.165, 1.54) is 15.0 Å². The van der Waals surface area contributed by atoms with Crippen LogP contribution < -0.4 is 0 Å². The zero-order chi connectivity index (χ0) is 20.2. The summed E-state index contributed by atoms with van der Waals surface area (Å²) in [6, 6.07) is 14.0. The minimum Gasteiger partial charge on any atom is -0.393 e. The Bertz CT molecular complexity index is 1040. The number of benzene rings is 2. The zero-order valence-electron chi connectivity index (χ0n) is 17.0. The van der Waals surface area contributed by atoms with E-state index in [4.69, 9.17) is 4.74 Å². The second-order valence-corrected chi connectivity index (χ2v) is 10.2. The van der Waals surface area contributed by atoms with Crippen LogP contribution in [0.4, 0.5) is 4.39 Å². The molecule has 152 valence electrons. The van der Waals surface area contributed by atoms with Crippen molar-refractivity contribution >= 4 is 21.4 Å². The van der Waals surface area contributed by atoms with Gasteiger partial charge in [0.15, 0.2) is 0 Å². The van der Waals surface area contributed by atoms with Gasteiger partial charge in [0, 0.05) is 22.4 Å². The van der Waals surface area contributed by atoms with Crippen molar-refractivity contribution in [2.24, 2.45) is 5.92 Å². The molecule has 1 aliphatic heterocycles. The van der Waals surface area contributed by atoms with E-state index >= 15 is 0 Å². The van der Waals surface area contributed by atoms with Crippen LogP contribution in [-0.2, 0) is 23.2 Å². The number of hydrogen-bond acceptors (Lipinski definition) is 3. The zero-order valence-corrected chi connectivity index (χ0v) is 17.8. The maximum Gasteiger partial charge on any atom is 0.127 e. The number of fused-ring (bicyclic) bond motifs is 3. The summed E-state index contributed by atoms with van der Waals surface area (Å²) in [5, 5.41) is 11.2. The van der Waals surface area contributed by atoms with E-state index in [9.17, 15) is 9.50 Å². The Kier molecular flexibility index (Phi) is 4.57. The summed E-state index contributed by atoms with van der Waals surface area (Å²) in [5.74, 6) is 0.397. The van der Waals surface area contributed by atoms with Gasteiger partial charge in [-0.2, -0.15) is 0 Å². The van der Waals surface area contributed by atoms with Gasteiger partial charge in [0.2, 0.25) is 0 Å². The highest BCUT2D eigenvalue weighted by molar-refractivity contribution is 7.19. The molecule has 1 spiro atoms. The largest absolute Gasteiger partial charge is 0.393 e. The van der Waals surface area contributed by atoms with E-state index < -0.39 is 5.60 Å². The first kappa shape index (κ1) is 19.2. The molecule has 2 heterocycles. The molecule has 0 unspecified atom stereocenters. The van der Waals surface area contributed by atoms with Crippen molar-refractivity contribution in [3.63, 3.8) is 0 Å². The molecule has 1 saturated heterocycles. The predicted molar refractivity (Wildman–Crippen MR) is 116 cm³/mol. The van der Waals surface area contributed by atoms with Crippen LogP contribution in [0, 0.1) is 11.7 Å². The molecule has 4 heteroatoms. The Morgan fingerprint density at radius 3 is 2.79 bits per heavy atom. The van der Waals surface area contributed by atoms with E-state index in [1.54, 1.807) is 17.4 Å². The molecule has 2 aliphatic rings. The quantitative estimate of drug-likeness (QED) is 0.574. The first-order valence-electron chi connectivity index (χ1n) is 10.5. The third-order valence-electron chi connectivity index (χ3n) is 6.85. The molecule has 2 aromatic carbocycles. The number of rotatable bonds is 4. The molecule has 29 heavy (non-hydrogen) atoms. The summed E-state index contributed by atoms with van der Waals surface area (Å²) < 4.78 is 22.6. The molecule has 1 N–H and O–H groups in total. The Balaban J connectivity index is 1.50. The number of aliphatic hydroxyl groups excluding tert-OH is 1. The summed E-state index contributed by atoms with van der Waals surface area (Å²) in [7, 11) is 0. The first-order valence-corrected chi connectivity index (χ1v) is 11.4. The smallest absolute Gasteiger partial charge is 0.127 e. The lowest BCUT2D eigenvalue weighted by Crippen LogP contribution is -2.55. The highest BCUT2D eigenvalue weighted by atomic mass is 32.1. The molecule has 2 nitrogen and oxygen atoms in total. The molecule has 1 aliphatic carbocycles. The van der Waals surface area contributed by atoms with Crippen molar-refractivity contribution in [2.75, 3.05) is 6.61 Å². The average Bonchev–Trinajstić information content (AvgIpc) is 3.12. The van der Waals surface area contributed by atoms with Crippen molar-refractivity contribution in [3.8, 4) is 0 Å². The lowest BCUT2D eigenvalue weighted by molar-refractivity contribution is -0.227. The highest BCUT2D eigenvalue weighted by Gasteiger charge is 2.53. The van der Waals surface area contributed by atoms with Gasteiger partial charge in [0.05, 0.1) is 17.8 Å². The van der Waals surface area contributed by atoms with Gasteiger partial charge in [-0.05, 0) is 66.0 Å². The fourth-order valence-corrected chi connectivity index (χ4v) is 6.50. The second kappa shape index (κ2) is 6.90. The molecule has 3 aromatic rings. The SMILES string of the molecule is CC[C@H]1C[C@@](C)(CO)O[C@]2(Cc3c2ccc(F)c3Cc2cc3ccccc3s2)C1. The molecule has 0 bridgehead atoms. The molecule has 1 aromatic heterocycles. The van der Waals surface area contributed by atoms with Gasteiger partial charge in [-0.15, -0.1) is 11.3 Å². The standard InChI is InChI=1S/C25H27FO2S/c1-3-16-12-24(2,15-27)28-25(13-16)14-20-19(22(26)9-8-21(20)25)11-18-10-17-6-4-5-7-23(17)29-18/h4-10,16,27H,3,11-15H2,1-2H3/t16-,24-,25-/m0/s1. The fourth-order valence-electron chi connectivity index (χ4n) is 5.42. The minimum atomic E-state index is -0.517. The van der Waals surface area contributed by atoms with Gasteiger partial charge < -0.3 is 9.84 Å². The van der Waals surface area contributed by atoms with Gasteiger partial charge >= 0.3 is 0 Å². The van der Waals surface area contributed by atoms with Crippen molar-refractivity contribution < 1.29 is 14.2 Å². The van der Waals surface area contributed by atoms with Gasteiger partial charge in [-0.3, -0.25) is 0 Å². The first-order chi connectivity index (χ1) is 14.0. The van der Waals surface area contributed by atoms with Crippen LogP contribution in [0.2, 0.25) is 0 Å². The molecule has 3 atom stereocenters. The maximum absolute atomic E-state index is 14.8. The second-order valence-electron chi connectivity index (χ2n) is 9.04. The fraction of sp³-hybridized carbons (Fsp3) is 0.440. The molecule has 0 radical (unpaired) electrons. The number of halogens is 1. The lowest BCUT2D eigenvalue weighted by atomic mass is 9.63. The van der Waals surface area contributed by atoms with Crippen molar-refractivity contribution in [3.05, 3.63) is 69.8 Å². The monoisotopic (exact) mass is 410 g/mol. The molecular weight excluding hydrogens is 383 g/mol. The van der Waals surface area contributed by atoms with Crippen LogP contribution in [-0.4, -0.2) is 17.3 Å². The molecular formula is C25H27FO2S. The van der Waals surface area contributed by atoms with Crippen LogP contribution in [0.1, 0.15) is 54.7 Å². The van der Waals surface area contributed by atoms with Gasteiger partial charge in [0.25, 0.3) is 0 Å². The molecule has 1 fully saturated rings. The maximum atomic E-state index is 14.8. The summed E-state index contributed by atoms with van der Waals surface area (Å²) in [6.45, 7) is 4.24. The third kappa shape index (κ3) is 3.13.